The Morgan fingerprint density at radius 3 is 2.32 bits per heavy atom. The highest BCUT2D eigenvalue weighted by molar-refractivity contribution is 7.89. The van der Waals surface area contributed by atoms with E-state index in [1.807, 2.05) is 51.1 Å². The van der Waals surface area contributed by atoms with Crippen LogP contribution in [0.15, 0.2) is 30.3 Å². The molecule has 0 saturated heterocycles. The van der Waals surface area contributed by atoms with Crippen LogP contribution in [0.2, 0.25) is 0 Å². The molecule has 5 heteroatoms. The molecular formula is C14H24N2O2S. The smallest absolute Gasteiger partial charge is 0.212 e. The molecule has 0 fully saturated rings. The van der Waals surface area contributed by atoms with E-state index in [1.54, 1.807) is 0 Å². The molecule has 0 spiro atoms. The fourth-order valence-corrected chi connectivity index (χ4v) is 3.33. The lowest BCUT2D eigenvalue weighted by Crippen LogP contribution is -2.55. The van der Waals surface area contributed by atoms with Crippen molar-refractivity contribution in [2.45, 2.75) is 32.7 Å². The Hall–Kier alpha value is -0.910. The highest BCUT2D eigenvalue weighted by Crippen LogP contribution is 2.16. The number of hydrogen-bond acceptors (Lipinski definition) is 3. The third kappa shape index (κ3) is 4.93. The number of benzene rings is 1. The molecule has 0 radical (unpaired) electrons. The fourth-order valence-electron chi connectivity index (χ4n) is 1.70. The van der Waals surface area contributed by atoms with E-state index in [4.69, 9.17) is 5.73 Å². The maximum Gasteiger partial charge on any atom is 0.212 e. The van der Waals surface area contributed by atoms with Crippen molar-refractivity contribution < 1.29 is 8.42 Å². The van der Waals surface area contributed by atoms with Crippen LogP contribution in [-0.4, -0.2) is 26.3 Å². The van der Waals surface area contributed by atoms with E-state index < -0.39 is 15.6 Å². The molecule has 3 N–H and O–H groups in total. The average molecular weight is 284 g/mol. The minimum absolute atomic E-state index is 0.0827. The van der Waals surface area contributed by atoms with E-state index in [1.165, 1.54) is 0 Å². The van der Waals surface area contributed by atoms with Gasteiger partial charge in [-0.2, -0.15) is 0 Å². The van der Waals surface area contributed by atoms with Gasteiger partial charge in [0.25, 0.3) is 0 Å². The highest BCUT2D eigenvalue weighted by atomic mass is 32.2. The van der Waals surface area contributed by atoms with Crippen LogP contribution in [0, 0.1) is 5.92 Å². The van der Waals surface area contributed by atoms with E-state index in [2.05, 4.69) is 4.72 Å². The van der Waals surface area contributed by atoms with Crippen molar-refractivity contribution in [3.05, 3.63) is 35.9 Å². The summed E-state index contributed by atoms with van der Waals surface area (Å²) in [6.07, 6.45) is 0.509. The first-order valence-electron chi connectivity index (χ1n) is 6.55. The third-order valence-corrected chi connectivity index (χ3v) is 5.11. The molecule has 1 aromatic rings. The van der Waals surface area contributed by atoms with Crippen LogP contribution >= 0.6 is 0 Å². The third-order valence-electron chi connectivity index (χ3n) is 3.59. The molecule has 0 aliphatic carbocycles. The van der Waals surface area contributed by atoms with Gasteiger partial charge >= 0.3 is 0 Å². The van der Waals surface area contributed by atoms with Gasteiger partial charge in [-0.05, 0) is 24.8 Å². The zero-order valence-corrected chi connectivity index (χ0v) is 12.7. The zero-order valence-electron chi connectivity index (χ0n) is 11.9. The first kappa shape index (κ1) is 16.1. The quantitative estimate of drug-likeness (QED) is 0.797. The Morgan fingerprint density at radius 2 is 1.84 bits per heavy atom. The molecule has 4 nitrogen and oxygen atoms in total. The standard InChI is InChI=1S/C14H24N2O2S/c1-12(2)14(3,11-15)16-19(17,18)10-9-13-7-5-4-6-8-13/h4-8,12,16H,9-11,15H2,1-3H3. The maximum atomic E-state index is 12.1. The van der Waals surface area contributed by atoms with E-state index in [-0.39, 0.29) is 18.2 Å². The lowest BCUT2D eigenvalue weighted by molar-refractivity contribution is 0.315. The van der Waals surface area contributed by atoms with Crippen molar-refractivity contribution in [2.75, 3.05) is 12.3 Å². The van der Waals surface area contributed by atoms with E-state index >= 15 is 0 Å². The SMILES string of the molecule is CC(C)C(C)(CN)NS(=O)(=O)CCc1ccccc1. The van der Waals surface area contributed by atoms with Gasteiger partial charge in [0.2, 0.25) is 10.0 Å². The molecule has 0 aliphatic heterocycles. The van der Waals surface area contributed by atoms with Gasteiger partial charge in [-0.1, -0.05) is 44.2 Å². The second-order valence-electron chi connectivity index (χ2n) is 5.43. The normalized spacial score (nSPS) is 15.4. The van der Waals surface area contributed by atoms with Gasteiger partial charge in [-0.25, -0.2) is 13.1 Å². The van der Waals surface area contributed by atoms with Crippen molar-refractivity contribution in [3.63, 3.8) is 0 Å². The van der Waals surface area contributed by atoms with Gasteiger partial charge < -0.3 is 5.73 Å². The van der Waals surface area contributed by atoms with Gasteiger partial charge in [0, 0.05) is 12.1 Å². The van der Waals surface area contributed by atoms with Gasteiger partial charge in [0.1, 0.15) is 0 Å². The molecule has 108 valence electrons. The number of sulfonamides is 1. The largest absolute Gasteiger partial charge is 0.329 e. The number of nitrogens with one attached hydrogen (secondary N) is 1. The van der Waals surface area contributed by atoms with Crippen LogP contribution in [0.1, 0.15) is 26.3 Å². The number of aryl methyl sites for hydroxylation is 1. The Balaban J connectivity index is 2.67. The first-order chi connectivity index (χ1) is 8.79. The van der Waals surface area contributed by atoms with Crippen molar-refractivity contribution in [2.24, 2.45) is 11.7 Å². The summed E-state index contributed by atoms with van der Waals surface area (Å²) in [5, 5.41) is 0. The summed E-state index contributed by atoms with van der Waals surface area (Å²) >= 11 is 0. The number of hydrogen-bond donors (Lipinski definition) is 2. The maximum absolute atomic E-state index is 12.1. The van der Waals surface area contributed by atoms with Crippen molar-refractivity contribution in [1.82, 2.24) is 4.72 Å². The molecule has 0 saturated carbocycles. The molecule has 1 atom stereocenters. The monoisotopic (exact) mass is 284 g/mol. The van der Waals surface area contributed by atoms with Crippen molar-refractivity contribution in [1.29, 1.82) is 0 Å². The second kappa shape index (κ2) is 6.50. The Bertz CT molecular complexity index is 485. The summed E-state index contributed by atoms with van der Waals surface area (Å²) < 4.78 is 27.0. The van der Waals surface area contributed by atoms with Gasteiger partial charge in [-0.15, -0.1) is 0 Å². The minimum atomic E-state index is -3.32. The van der Waals surface area contributed by atoms with Crippen LogP contribution in [0.3, 0.4) is 0 Å². The van der Waals surface area contributed by atoms with Crippen molar-refractivity contribution >= 4 is 10.0 Å². The van der Waals surface area contributed by atoms with E-state index in [9.17, 15) is 8.42 Å². The highest BCUT2D eigenvalue weighted by Gasteiger charge is 2.31. The van der Waals surface area contributed by atoms with Crippen molar-refractivity contribution in [3.8, 4) is 0 Å². The van der Waals surface area contributed by atoms with E-state index in [0.29, 0.717) is 6.42 Å². The summed E-state index contributed by atoms with van der Waals surface area (Å²) in [7, 11) is -3.32. The Morgan fingerprint density at radius 1 is 1.26 bits per heavy atom. The lowest BCUT2D eigenvalue weighted by Gasteiger charge is -2.33. The Labute approximate surface area is 116 Å². The summed E-state index contributed by atoms with van der Waals surface area (Å²) in [5.41, 5.74) is 6.13. The lowest BCUT2D eigenvalue weighted by atomic mass is 9.90. The first-order valence-corrected chi connectivity index (χ1v) is 8.20. The van der Waals surface area contributed by atoms with Crippen LogP contribution in [-0.2, 0) is 16.4 Å². The molecule has 1 unspecified atom stereocenters. The molecular weight excluding hydrogens is 260 g/mol. The molecule has 0 aromatic heterocycles. The van der Waals surface area contributed by atoms with Crippen LogP contribution in [0.25, 0.3) is 0 Å². The summed E-state index contributed by atoms with van der Waals surface area (Å²) in [4.78, 5) is 0. The van der Waals surface area contributed by atoms with Gasteiger partial charge in [-0.3, -0.25) is 0 Å². The molecule has 0 amide bonds. The van der Waals surface area contributed by atoms with Crippen LogP contribution < -0.4 is 10.5 Å². The summed E-state index contributed by atoms with van der Waals surface area (Å²) in [6, 6.07) is 9.60. The van der Waals surface area contributed by atoms with Gasteiger partial charge in [0.05, 0.1) is 5.75 Å². The summed E-state index contributed by atoms with van der Waals surface area (Å²) in [5.74, 6) is 0.225. The predicted molar refractivity (Wildman–Crippen MR) is 79.4 cm³/mol. The molecule has 1 aromatic carbocycles. The zero-order chi connectivity index (χ0) is 14.5. The van der Waals surface area contributed by atoms with E-state index in [0.717, 1.165) is 5.56 Å². The minimum Gasteiger partial charge on any atom is -0.329 e. The summed E-state index contributed by atoms with van der Waals surface area (Å²) in [6.45, 7) is 6.06. The topological polar surface area (TPSA) is 72.2 Å². The van der Waals surface area contributed by atoms with Gasteiger partial charge in [0.15, 0.2) is 0 Å². The van der Waals surface area contributed by atoms with Crippen LogP contribution in [0.4, 0.5) is 0 Å². The molecule has 0 aliphatic rings. The molecule has 19 heavy (non-hydrogen) atoms. The molecule has 1 rings (SSSR count). The fraction of sp³-hybridized carbons (Fsp3) is 0.571. The molecule has 0 heterocycles. The molecule has 0 bridgehead atoms. The number of rotatable bonds is 7. The predicted octanol–water partition coefficient (Wildman–Crippen LogP) is 1.52. The average Bonchev–Trinajstić information content (AvgIpc) is 2.37. The Kier molecular flexibility index (Phi) is 5.52. The second-order valence-corrected chi connectivity index (χ2v) is 7.27. The van der Waals surface area contributed by atoms with Crippen LogP contribution in [0.5, 0.6) is 0 Å². The number of nitrogens with two attached hydrogens (primary N) is 1.